The quantitative estimate of drug-likeness (QED) is 0.133. The van der Waals surface area contributed by atoms with Gasteiger partial charge in [-0.25, -0.2) is 0 Å². The first-order chi connectivity index (χ1) is 27.3. The first-order valence-electron chi connectivity index (χ1n) is 19.2. The Bertz CT molecular complexity index is 2910. The van der Waals surface area contributed by atoms with Crippen LogP contribution in [0.4, 0.5) is 17.1 Å². The zero-order chi connectivity index (χ0) is 37.9. The van der Waals surface area contributed by atoms with Crippen LogP contribution in [0.5, 0.6) is 0 Å². The highest BCUT2D eigenvalue weighted by Crippen LogP contribution is 2.66. The van der Waals surface area contributed by atoms with Crippen molar-refractivity contribution in [3.05, 3.63) is 200 Å². The van der Waals surface area contributed by atoms with Crippen molar-refractivity contribution in [3.8, 4) is 10.4 Å². The lowest BCUT2D eigenvalue weighted by Crippen LogP contribution is -2.28. The number of allylic oxidation sites excluding steroid dienone is 5. The number of thiophene rings is 1. The first kappa shape index (κ1) is 33.0. The molecule has 0 saturated carbocycles. The molecule has 0 amide bonds. The van der Waals surface area contributed by atoms with Gasteiger partial charge in [-0.2, -0.15) is 0 Å². The SMILES string of the molecule is Cc1cc(N(c2ccccc2)c2ccc3c(c2)C2(C4=C(C=CC(C)C4)c4ccccc42)c2cc(C=C4C(=O)c5cc6ccccc6cc5C4=O)sc2-3)cc(C)n1. The highest BCUT2D eigenvalue weighted by molar-refractivity contribution is 7.16. The number of aryl methyl sites for hydroxylation is 2. The number of hydrogen-bond donors (Lipinski definition) is 0. The summed E-state index contributed by atoms with van der Waals surface area (Å²) >= 11 is 1.68. The van der Waals surface area contributed by atoms with Gasteiger partial charge in [0, 0.05) is 49.3 Å². The summed E-state index contributed by atoms with van der Waals surface area (Å²) in [6.07, 6.45) is 7.46. The molecular weight excluding hydrogens is 705 g/mol. The van der Waals surface area contributed by atoms with Gasteiger partial charge in [0.2, 0.25) is 0 Å². The van der Waals surface area contributed by atoms with Crippen molar-refractivity contribution in [3.63, 3.8) is 0 Å². The van der Waals surface area contributed by atoms with Crippen molar-refractivity contribution >= 4 is 62.4 Å². The standard InChI is InChI=1S/C51H36N2O2S/c1-29-17-19-39-38-15-9-10-16-44(38)51(45(39)21-29)46-26-35(53(34-13-5-4-6-14-34)36-22-30(2)52-31(3)23-36)18-20-40(46)50-47(51)28-37(56-50)27-43-48(54)41-24-32-11-7-8-12-33(32)25-42(41)49(43)55/h4-20,22-29H,21H2,1-3H3. The molecule has 0 saturated heterocycles. The summed E-state index contributed by atoms with van der Waals surface area (Å²) in [6.45, 7) is 6.41. The fourth-order valence-corrected chi connectivity index (χ4v) is 11.0. The predicted molar refractivity (Wildman–Crippen MR) is 228 cm³/mol. The predicted octanol–water partition coefficient (Wildman–Crippen LogP) is 12.5. The van der Waals surface area contributed by atoms with Gasteiger partial charge < -0.3 is 4.90 Å². The number of ketones is 2. The molecule has 4 aliphatic rings. The Morgan fingerprint density at radius 2 is 1.34 bits per heavy atom. The summed E-state index contributed by atoms with van der Waals surface area (Å²) in [5, 5.41) is 1.92. The molecule has 0 aliphatic heterocycles. The van der Waals surface area contributed by atoms with Crippen LogP contribution < -0.4 is 4.90 Å². The van der Waals surface area contributed by atoms with Gasteiger partial charge in [-0.3, -0.25) is 14.6 Å². The molecule has 2 heterocycles. The minimum absolute atomic E-state index is 0.200. The van der Waals surface area contributed by atoms with E-state index in [1.165, 1.54) is 43.8 Å². The number of Topliss-reactive ketones (excluding diaryl/α,β-unsaturated/α-hetero) is 2. The molecule has 2 atom stereocenters. The number of para-hydroxylation sites is 1. The van der Waals surface area contributed by atoms with Crippen LogP contribution >= 0.6 is 11.3 Å². The Morgan fingerprint density at radius 3 is 2.07 bits per heavy atom. The largest absolute Gasteiger partial charge is 0.310 e. The number of rotatable bonds is 4. The molecule has 0 bridgehead atoms. The molecule has 4 nitrogen and oxygen atoms in total. The van der Waals surface area contributed by atoms with Crippen LogP contribution in [0.25, 0.3) is 32.9 Å². The third-order valence-electron chi connectivity index (χ3n) is 12.1. The van der Waals surface area contributed by atoms with Crippen molar-refractivity contribution in [2.24, 2.45) is 5.92 Å². The Balaban J connectivity index is 1.14. The second-order valence-corrected chi connectivity index (χ2v) is 16.7. The second-order valence-electron chi connectivity index (χ2n) is 15.6. The number of nitrogens with zero attached hydrogens (tertiary/aromatic N) is 2. The first-order valence-corrected chi connectivity index (χ1v) is 20.1. The highest BCUT2D eigenvalue weighted by atomic mass is 32.1. The smallest absolute Gasteiger partial charge is 0.197 e. The maximum absolute atomic E-state index is 13.9. The number of hydrogen-bond acceptors (Lipinski definition) is 5. The fourth-order valence-electron chi connectivity index (χ4n) is 9.82. The maximum atomic E-state index is 13.9. The number of carbonyl (C=O) groups excluding carboxylic acids is 2. The van der Waals surface area contributed by atoms with Gasteiger partial charge in [-0.1, -0.05) is 91.9 Å². The van der Waals surface area contributed by atoms with Crippen LogP contribution in [0, 0.1) is 19.8 Å². The molecule has 268 valence electrons. The number of anilines is 3. The summed E-state index contributed by atoms with van der Waals surface area (Å²) < 4.78 is 0. The molecule has 2 aromatic heterocycles. The maximum Gasteiger partial charge on any atom is 0.197 e. The van der Waals surface area contributed by atoms with E-state index in [0.29, 0.717) is 17.0 Å². The zero-order valence-corrected chi connectivity index (χ0v) is 32.1. The molecule has 0 radical (unpaired) electrons. The summed E-state index contributed by atoms with van der Waals surface area (Å²) in [5.74, 6) is -0.0228. The lowest BCUT2D eigenvalue weighted by Gasteiger charge is -2.35. The summed E-state index contributed by atoms with van der Waals surface area (Å²) in [4.78, 5) is 37.0. The van der Waals surface area contributed by atoms with Crippen molar-refractivity contribution in [1.82, 2.24) is 4.98 Å². The summed E-state index contributed by atoms with van der Waals surface area (Å²) in [7, 11) is 0. The molecule has 56 heavy (non-hydrogen) atoms. The molecule has 5 heteroatoms. The molecule has 1 spiro atoms. The number of fused-ring (bicyclic) bond motifs is 11. The van der Waals surface area contributed by atoms with E-state index in [2.05, 4.69) is 129 Å². The van der Waals surface area contributed by atoms with Crippen molar-refractivity contribution in [2.45, 2.75) is 32.6 Å². The van der Waals surface area contributed by atoms with E-state index in [9.17, 15) is 9.59 Å². The monoisotopic (exact) mass is 740 g/mol. The molecule has 4 aliphatic carbocycles. The van der Waals surface area contributed by atoms with Crippen LogP contribution in [0.2, 0.25) is 0 Å². The van der Waals surface area contributed by atoms with Gasteiger partial charge in [0.05, 0.1) is 11.0 Å². The molecule has 0 N–H and O–H groups in total. The van der Waals surface area contributed by atoms with Crippen LogP contribution in [-0.2, 0) is 5.41 Å². The van der Waals surface area contributed by atoms with Crippen molar-refractivity contribution < 1.29 is 9.59 Å². The lowest BCUT2D eigenvalue weighted by molar-refractivity contribution is 0.0990. The van der Waals surface area contributed by atoms with E-state index >= 15 is 0 Å². The van der Waals surface area contributed by atoms with Crippen LogP contribution in [0.15, 0.2) is 151 Å². The molecule has 11 rings (SSSR count). The third kappa shape index (κ3) is 4.61. The Kier molecular flexibility index (Phi) is 7.08. The average Bonchev–Trinajstić information content (AvgIpc) is 3.89. The van der Waals surface area contributed by atoms with E-state index in [1.54, 1.807) is 11.3 Å². The minimum atomic E-state index is -0.532. The van der Waals surface area contributed by atoms with Crippen LogP contribution in [0.1, 0.15) is 72.6 Å². The highest BCUT2D eigenvalue weighted by Gasteiger charge is 2.54. The number of pyridine rings is 1. The van der Waals surface area contributed by atoms with E-state index < -0.39 is 5.41 Å². The van der Waals surface area contributed by atoms with E-state index in [0.717, 1.165) is 50.5 Å². The minimum Gasteiger partial charge on any atom is -0.310 e. The average molecular weight is 741 g/mol. The number of aromatic nitrogens is 1. The number of carbonyl (C=O) groups is 2. The van der Waals surface area contributed by atoms with E-state index in [-0.39, 0.29) is 17.1 Å². The van der Waals surface area contributed by atoms with E-state index in [4.69, 9.17) is 4.98 Å². The molecule has 7 aromatic rings. The second kappa shape index (κ2) is 12.0. The van der Waals surface area contributed by atoms with Gasteiger partial charge in [0.25, 0.3) is 0 Å². The van der Waals surface area contributed by atoms with Crippen LogP contribution in [-0.4, -0.2) is 16.6 Å². The fraction of sp³-hybridized carbons (Fsp3) is 0.118. The molecule has 5 aromatic carbocycles. The van der Waals surface area contributed by atoms with Gasteiger partial charge >= 0.3 is 0 Å². The van der Waals surface area contributed by atoms with Gasteiger partial charge in [-0.15, -0.1) is 11.3 Å². The molecular formula is C51H36N2O2S. The van der Waals surface area contributed by atoms with Gasteiger partial charge in [-0.05, 0) is 137 Å². The Morgan fingerprint density at radius 1 is 0.661 bits per heavy atom. The summed E-state index contributed by atoms with van der Waals surface area (Å²) in [6, 6.07) is 44.6. The Hall–Kier alpha value is -6.43. The van der Waals surface area contributed by atoms with Gasteiger partial charge in [0.1, 0.15) is 0 Å². The summed E-state index contributed by atoms with van der Waals surface area (Å²) in [5.41, 5.74) is 14.8. The zero-order valence-electron chi connectivity index (χ0n) is 31.3. The molecule has 0 fully saturated rings. The van der Waals surface area contributed by atoms with Gasteiger partial charge in [0.15, 0.2) is 11.6 Å². The third-order valence-corrected chi connectivity index (χ3v) is 13.2. The number of benzene rings is 5. The van der Waals surface area contributed by atoms with Crippen molar-refractivity contribution in [2.75, 3.05) is 4.90 Å². The van der Waals surface area contributed by atoms with E-state index in [1.807, 2.05) is 42.5 Å². The molecule has 2 unspecified atom stereocenters. The topological polar surface area (TPSA) is 50.3 Å². The lowest BCUT2D eigenvalue weighted by atomic mass is 9.67. The van der Waals surface area contributed by atoms with Crippen LogP contribution in [0.3, 0.4) is 0 Å². The van der Waals surface area contributed by atoms with Crippen molar-refractivity contribution in [1.29, 1.82) is 0 Å². The normalized spacial score (nSPS) is 18.7. The Labute approximate surface area is 329 Å².